The highest BCUT2D eigenvalue weighted by Crippen LogP contribution is 2.25. The van der Waals surface area contributed by atoms with Gasteiger partial charge in [-0.1, -0.05) is 37.3 Å². The van der Waals surface area contributed by atoms with E-state index in [1.807, 2.05) is 0 Å². The maximum atomic E-state index is 6.02. The highest BCUT2D eigenvalue weighted by molar-refractivity contribution is 5.16. The molecule has 18 heavy (non-hydrogen) atoms. The molecule has 1 heterocycles. The third kappa shape index (κ3) is 3.12. The maximum Gasteiger partial charge on any atom is 0.0261 e. The number of nitrogens with zero attached hydrogens (tertiary/aromatic N) is 1. The minimum atomic E-state index is 0.491. The predicted molar refractivity (Wildman–Crippen MR) is 77.6 cm³/mol. The molecule has 2 nitrogen and oxygen atoms in total. The summed E-state index contributed by atoms with van der Waals surface area (Å²) in [6.07, 6.45) is 3.76. The van der Waals surface area contributed by atoms with Crippen LogP contribution in [0.15, 0.2) is 30.3 Å². The minimum Gasteiger partial charge on any atom is -0.329 e. The summed E-state index contributed by atoms with van der Waals surface area (Å²) in [5.41, 5.74) is 7.42. The van der Waals surface area contributed by atoms with Crippen molar-refractivity contribution < 1.29 is 0 Å². The molecule has 0 aliphatic carbocycles. The van der Waals surface area contributed by atoms with E-state index in [1.54, 1.807) is 0 Å². The second-order valence-corrected chi connectivity index (χ2v) is 5.68. The van der Waals surface area contributed by atoms with Gasteiger partial charge in [0.1, 0.15) is 0 Å². The average molecular weight is 246 g/mol. The van der Waals surface area contributed by atoms with E-state index < -0.39 is 0 Å². The molecule has 0 radical (unpaired) electrons. The molecule has 2 heteroatoms. The zero-order valence-corrected chi connectivity index (χ0v) is 11.7. The van der Waals surface area contributed by atoms with Crippen LogP contribution in [-0.4, -0.2) is 30.1 Å². The van der Waals surface area contributed by atoms with Crippen LogP contribution in [0.5, 0.6) is 0 Å². The van der Waals surface area contributed by atoms with Crippen LogP contribution in [0.25, 0.3) is 0 Å². The smallest absolute Gasteiger partial charge is 0.0261 e. The lowest BCUT2D eigenvalue weighted by Gasteiger charge is -2.42. The fourth-order valence-corrected chi connectivity index (χ4v) is 3.10. The van der Waals surface area contributed by atoms with Gasteiger partial charge in [-0.3, -0.25) is 4.90 Å². The second-order valence-electron chi connectivity index (χ2n) is 5.68. The van der Waals surface area contributed by atoms with E-state index in [0.717, 1.165) is 18.9 Å². The topological polar surface area (TPSA) is 29.3 Å². The zero-order valence-electron chi connectivity index (χ0n) is 11.7. The van der Waals surface area contributed by atoms with Crippen molar-refractivity contribution in [1.29, 1.82) is 0 Å². The molecular formula is C16H26N2. The summed E-state index contributed by atoms with van der Waals surface area (Å²) in [7, 11) is 0. The summed E-state index contributed by atoms with van der Waals surface area (Å²) in [6.45, 7) is 6.69. The Kier molecular flexibility index (Phi) is 4.79. The zero-order chi connectivity index (χ0) is 13.0. The Morgan fingerprint density at radius 2 is 2.00 bits per heavy atom. The molecule has 0 aromatic heterocycles. The number of rotatable bonds is 4. The molecule has 1 aliphatic rings. The lowest BCUT2D eigenvalue weighted by atomic mass is 9.89. The molecule has 3 unspecified atom stereocenters. The summed E-state index contributed by atoms with van der Waals surface area (Å²) in [4.78, 5) is 2.63. The van der Waals surface area contributed by atoms with Crippen molar-refractivity contribution in [2.24, 2.45) is 11.7 Å². The number of likely N-dealkylation sites (tertiary alicyclic amines) is 1. The molecule has 0 bridgehead atoms. The summed E-state index contributed by atoms with van der Waals surface area (Å²) >= 11 is 0. The molecule has 2 rings (SSSR count). The Labute approximate surface area is 111 Å². The summed E-state index contributed by atoms with van der Waals surface area (Å²) < 4.78 is 0. The van der Waals surface area contributed by atoms with Gasteiger partial charge in [0, 0.05) is 18.6 Å². The maximum absolute atomic E-state index is 6.02. The Balaban J connectivity index is 2.04. The standard InChI is InChI=1S/C16H26N2/c1-13-7-6-10-18(14(13)2)16(12-17)11-15-8-4-3-5-9-15/h3-5,8-9,13-14,16H,6-7,10-12,17H2,1-2H3. The van der Waals surface area contributed by atoms with Crippen LogP contribution in [-0.2, 0) is 6.42 Å². The predicted octanol–water partition coefficient (Wildman–Crippen LogP) is 2.68. The molecule has 1 saturated heterocycles. The molecule has 0 saturated carbocycles. The van der Waals surface area contributed by atoms with Crippen LogP contribution in [0.4, 0.5) is 0 Å². The van der Waals surface area contributed by atoms with Crippen LogP contribution >= 0.6 is 0 Å². The van der Waals surface area contributed by atoms with Crippen molar-refractivity contribution in [3.8, 4) is 0 Å². The molecule has 3 atom stereocenters. The fourth-order valence-electron chi connectivity index (χ4n) is 3.10. The van der Waals surface area contributed by atoms with Gasteiger partial charge in [0.05, 0.1) is 0 Å². The normalized spacial score (nSPS) is 27.1. The van der Waals surface area contributed by atoms with Crippen molar-refractivity contribution in [3.63, 3.8) is 0 Å². The number of hydrogen-bond donors (Lipinski definition) is 1. The van der Waals surface area contributed by atoms with E-state index in [-0.39, 0.29) is 0 Å². The molecule has 1 fully saturated rings. The molecule has 0 spiro atoms. The lowest BCUT2D eigenvalue weighted by molar-refractivity contribution is 0.0713. The van der Waals surface area contributed by atoms with Crippen molar-refractivity contribution in [2.75, 3.05) is 13.1 Å². The van der Waals surface area contributed by atoms with Gasteiger partial charge >= 0.3 is 0 Å². The van der Waals surface area contributed by atoms with Gasteiger partial charge in [-0.2, -0.15) is 0 Å². The number of piperidine rings is 1. The molecular weight excluding hydrogens is 220 g/mol. The van der Waals surface area contributed by atoms with Crippen molar-refractivity contribution in [2.45, 2.75) is 45.2 Å². The van der Waals surface area contributed by atoms with Crippen LogP contribution in [0.2, 0.25) is 0 Å². The first-order valence-electron chi connectivity index (χ1n) is 7.22. The Morgan fingerprint density at radius 1 is 1.28 bits per heavy atom. The van der Waals surface area contributed by atoms with Crippen molar-refractivity contribution >= 4 is 0 Å². The largest absolute Gasteiger partial charge is 0.329 e. The van der Waals surface area contributed by atoms with E-state index in [0.29, 0.717) is 12.1 Å². The van der Waals surface area contributed by atoms with E-state index in [9.17, 15) is 0 Å². The minimum absolute atomic E-state index is 0.491. The van der Waals surface area contributed by atoms with Crippen molar-refractivity contribution in [1.82, 2.24) is 4.90 Å². The van der Waals surface area contributed by atoms with E-state index >= 15 is 0 Å². The van der Waals surface area contributed by atoms with Crippen molar-refractivity contribution in [3.05, 3.63) is 35.9 Å². The molecule has 1 aromatic carbocycles. The van der Waals surface area contributed by atoms with Crippen LogP contribution < -0.4 is 5.73 Å². The molecule has 1 aromatic rings. The summed E-state index contributed by atoms with van der Waals surface area (Å²) in [6, 6.07) is 11.9. The van der Waals surface area contributed by atoms with Crippen LogP contribution in [0, 0.1) is 5.92 Å². The molecule has 2 N–H and O–H groups in total. The van der Waals surface area contributed by atoms with Crippen LogP contribution in [0.1, 0.15) is 32.3 Å². The second kappa shape index (κ2) is 6.35. The molecule has 100 valence electrons. The number of benzene rings is 1. The van der Waals surface area contributed by atoms with E-state index in [1.165, 1.54) is 24.9 Å². The summed E-state index contributed by atoms with van der Waals surface area (Å²) in [5.74, 6) is 0.795. The first-order valence-corrected chi connectivity index (χ1v) is 7.22. The SMILES string of the molecule is CC1CCCN(C(CN)Cc2ccccc2)C1C. The Bertz CT molecular complexity index is 349. The fraction of sp³-hybridized carbons (Fsp3) is 0.625. The third-order valence-electron chi connectivity index (χ3n) is 4.48. The van der Waals surface area contributed by atoms with Gasteiger partial charge in [0.25, 0.3) is 0 Å². The average Bonchev–Trinajstić information content (AvgIpc) is 2.41. The van der Waals surface area contributed by atoms with E-state index in [4.69, 9.17) is 5.73 Å². The summed E-state index contributed by atoms with van der Waals surface area (Å²) in [5, 5.41) is 0. The van der Waals surface area contributed by atoms with Gasteiger partial charge in [0.2, 0.25) is 0 Å². The van der Waals surface area contributed by atoms with Gasteiger partial charge in [-0.25, -0.2) is 0 Å². The third-order valence-corrected chi connectivity index (χ3v) is 4.48. The van der Waals surface area contributed by atoms with Gasteiger partial charge in [0.15, 0.2) is 0 Å². The Morgan fingerprint density at radius 3 is 2.67 bits per heavy atom. The number of hydrogen-bond acceptors (Lipinski definition) is 2. The lowest BCUT2D eigenvalue weighted by Crippen LogP contribution is -2.51. The molecule has 0 amide bonds. The quantitative estimate of drug-likeness (QED) is 0.885. The van der Waals surface area contributed by atoms with Gasteiger partial charge < -0.3 is 5.73 Å². The highest BCUT2D eigenvalue weighted by Gasteiger charge is 2.29. The van der Waals surface area contributed by atoms with Gasteiger partial charge in [-0.05, 0) is 44.2 Å². The van der Waals surface area contributed by atoms with E-state index in [2.05, 4.69) is 49.1 Å². The first kappa shape index (κ1) is 13.6. The Hall–Kier alpha value is -0.860. The van der Waals surface area contributed by atoms with Crippen LogP contribution in [0.3, 0.4) is 0 Å². The molecule has 1 aliphatic heterocycles. The number of nitrogens with two attached hydrogens (primary N) is 1. The first-order chi connectivity index (χ1) is 8.72. The van der Waals surface area contributed by atoms with Gasteiger partial charge in [-0.15, -0.1) is 0 Å². The highest BCUT2D eigenvalue weighted by atomic mass is 15.2. The monoisotopic (exact) mass is 246 g/mol.